The Kier molecular flexibility index (Phi) is 3.02. The molecule has 1 aromatic carbocycles. The van der Waals surface area contributed by atoms with Gasteiger partial charge in [0.05, 0.1) is 5.39 Å². The van der Waals surface area contributed by atoms with E-state index < -0.39 is 0 Å². The number of fused-ring (bicyclic) bond motifs is 3. The number of rotatable bonds is 2. The van der Waals surface area contributed by atoms with Crippen molar-refractivity contribution in [3.05, 3.63) is 83.5 Å². The van der Waals surface area contributed by atoms with Crippen LogP contribution in [-0.4, -0.2) is 0 Å². The van der Waals surface area contributed by atoms with Crippen molar-refractivity contribution in [1.82, 2.24) is 0 Å². The van der Waals surface area contributed by atoms with Gasteiger partial charge in [0.15, 0.2) is 12.4 Å². The van der Waals surface area contributed by atoms with Crippen LogP contribution in [0.3, 0.4) is 0 Å². The molecule has 0 aliphatic heterocycles. The van der Waals surface area contributed by atoms with Crippen molar-refractivity contribution in [3.63, 3.8) is 0 Å². The highest BCUT2D eigenvalue weighted by Gasteiger charge is 2.08. The monoisotopic (exact) mass is 288 g/mol. The second-order valence-corrected chi connectivity index (χ2v) is 5.96. The van der Waals surface area contributed by atoms with Crippen molar-refractivity contribution in [2.24, 2.45) is 0 Å². The first kappa shape index (κ1) is 12.3. The smallest absolute Gasteiger partial charge is 0.167 e. The summed E-state index contributed by atoms with van der Waals surface area (Å²) >= 11 is 1.79. The zero-order valence-electron chi connectivity index (χ0n) is 11.4. The summed E-state index contributed by atoms with van der Waals surface area (Å²) < 4.78 is 3.51. The number of hydrogen-bond acceptors (Lipinski definition) is 1. The Hall–Kier alpha value is -2.45. The molecule has 2 heteroatoms. The topological polar surface area (TPSA) is 4.10 Å². The van der Waals surface area contributed by atoms with Gasteiger partial charge in [0.25, 0.3) is 0 Å². The van der Waals surface area contributed by atoms with Gasteiger partial charge >= 0.3 is 0 Å². The predicted molar refractivity (Wildman–Crippen MR) is 90.4 cm³/mol. The van der Waals surface area contributed by atoms with E-state index >= 15 is 0 Å². The summed E-state index contributed by atoms with van der Waals surface area (Å²) in [5.74, 6) is 0. The van der Waals surface area contributed by atoms with Crippen LogP contribution in [0.4, 0.5) is 0 Å². The van der Waals surface area contributed by atoms with Crippen molar-refractivity contribution in [3.8, 4) is 0 Å². The molecule has 3 heterocycles. The van der Waals surface area contributed by atoms with E-state index in [1.54, 1.807) is 11.3 Å². The van der Waals surface area contributed by atoms with Gasteiger partial charge in [0, 0.05) is 22.9 Å². The average Bonchev–Trinajstić information content (AvgIpc) is 3.03. The van der Waals surface area contributed by atoms with Crippen LogP contribution >= 0.6 is 11.3 Å². The number of benzene rings is 1. The average molecular weight is 288 g/mol. The van der Waals surface area contributed by atoms with Gasteiger partial charge in [-0.1, -0.05) is 42.5 Å². The lowest BCUT2D eigenvalue weighted by molar-refractivity contribution is -0.510. The van der Waals surface area contributed by atoms with Gasteiger partial charge in [-0.05, 0) is 22.6 Å². The third-order valence-electron chi connectivity index (χ3n) is 3.63. The summed E-state index contributed by atoms with van der Waals surface area (Å²) in [5.41, 5.74) is 3.69. The molecule has 0 amide bonds. The minimum absolute atomic E-state index is 1.22. The van der Waals surface area contributed by atoms with Crippen molar-refractivity contribution in [1.29, 1.82) is 0 Å². The summed E-state index contributed by atoms with van der Waals surface area (Å²) in [6.07, 6.45) is 8.57. The molecule has 0 saturated heterocycles. The van der Waals surface area contributed by atoms with E-state index in [1.165, 1.54) is 26.7 Å². The molecule has 100 valence electrons. The Bertz CT molecular complexity index is 936. The Balaban J connectivity index is 1.81. The first-order valence-electron chi connectivity index (χ1n) is 6.94. The predicted octanol–water partition coefficient (Wildman–Crippen LogP) is 4.81. The lowest BCUT2D eigenvalue weighted by Crippen LogP contribution is -2.20. The van der Waals surface area contributed by atoms with Crippen molar-refractivity contribution < 1.29 is 4.40 Å². The van der Waals surface area contributed by atoms with E-state index in [4.69, 9.17) is 0 Å². The van der Waals surface area contributed by atoms with Crippen LogP contribution in [0.2, 0.25) is 0 Å². The first-order chi connectivity index (χ1) is 10.4. The van der Waals surface area contributed by atoms with Crippen LogP contribution in [-0.2, 0) is 0 Å². The van der Waals surface area contributed by atoms with Crippen molar-refractivity contribution in [2.45, 2.75) is 0 Å². The van der Waals surface area contributed by atoms with E-state index in [-0.39, 0.29) is 0 Å². The van der Waals surface area contributed by atoms with Crippen LogP contribution in [0.25, 0.3) is 27.8 Å². The molecular formula is C19H14NS+. The molecule has 0 N–H and O–H groups in total. The lowest BCUT2D eigenvalue weighted by atomic mass is 10.1. The molecule has 3 aromatic heterocycles. The Morgan fingerprint density at radius 1 is 0.810 bits per heavy atom. The molecule has 0 aliphatic carbocycles. The number of hydrogen-bond donors (Lipinski definition) is 0. The highest BCUT2D eigenvalue weighted by Crippen LogP contribution is 2.23. The van der Waals surface area contributed by atoms with Crippen LogP contribution in [0.5, 0.6) is 0 Å². The van der Waals surface area contributed by atoms with Gasteiger partial charge in [-0.2, -0.15) is 4.40 Å². The molecule has 0 atom stereocenters. The molecule has 0 fully saturated rings. The molecule has 1 nitrogen and oxygen atoms in total. The zero-order chi connectivity index (χ0) is 14.1. The fourth-order valence-corrected chi connectivity index (χ4v) is 3.33. The zero-order valence-corrected chi connectivity index (χ0v) is 12.3. The maximum Gasteiger partial charge on any atom is 0.219 e. The molecule has 0 spiro atoms. The molecule has 0 saturated carbocycles. The van der Waals surface area contributed by atoms with E-state index in [0.717, 1.165) is 0 Å². The van der Waals surface area contributed by atoms with Gasteiger partial charge in [-0.15, -0.1) is 11.3 Å². The van der Waals surface area contributed by atoms with Gasteiger partial charge < -0.3 is 0 Å². The largest absolute Gasteiger partial charge is 0.219 e. The Morgan fingerprint density at radius 3 is 2.52 bits per heavy atom. The number of pyridine rings is 2. The van der Waals surface area contributed by atoms with Gasteiger partial charge in [0.1, 0.15) is 0 Å². The molecule has 0 aliphatic rings. The van der Waals surface area contributed by atoms with Crippen LogP contribution < -0.4 is 4.40 Å². The standard InChI is InChI=1S/C19H14NS/c1-2-4-15(5-3-1)6-7-16-8-11-20-12-9-19-17(10-13-21-19)18(20)14-16/h1-14H/q+1/b7-6+. The summed E-state index contributed by atoms with van der Waals surface area (Å²) in [6.45, 7) is 0. The number of nitrogens with zero attached hydrogens (tertiary/aromatic N) is 1. The SMILES string of the molecule is C(=C\c1cc[n+]2ccc3sccc3c2c1)/c1ccccc1. The third kappa shape index (κ3) is 2.34. The Labute approximate surface area is 127 Å². The number of thiophene rings is 1. The summed E-state index contributed by atoms with van der Waals surface area (Å²) in [5, 5.41) is 3.47. The maximum atomic E-state index is 2.24. The maximum absolute atomic E-state index is 2.24. The highest BCUT2D eigenvalue weighted by molar-refractivity contribution is 7.17. The quantitative estimate of drug-likeness (QED) is 0.466. The summed E-state index contributed by atoms with van der Waals surface area (Å²) in [6, 6.07) is 19.1. The molecule has 21 heavy (non-hydrogen) atoms. The fraction of sp³-hybridized carbons (Fsp3) is 0. The Morgan fingerprint density at radius 2 is 1.62 bits per heavy atom. The second kappa shape index (κ2) is 5.15. The van der Waals surface area contributed by atoms with Gasteiger partial charge in [0.2, 0.25) is 5.52 Å². The molecule has 0 radical (unpaired) electrons. The number of aromatic nitrogens is 1. The summed E-state index contributed by atoms with van der Waals surface area (Å²) in [7, 11) is 0. The highest BCUT2D eigenvalue weighted by atomic mass is 32.1. The lowest BCUT2D eigenvalue weighted by Gasteiger charge is -1.96. The fourth-order valence-electron chi connectivity index (χ4n) is 2.54. The van der Waals surface area contributed by atoms with E-state index in [0.29, 0.717) is 0 Å². The molecule has 0 bridgehead atoms. The van der Waals surface area contributed by atoms with Crippen molar-refractivity contribution >= 4 is 39.1 Å². The van der Waals surface area contributed by atoms with Gasteiger partial charge in [-0.25, -0.2) is 0 Å². The van der Waals surface area contributed by atoms with Crippen LogP contribution in [0.15, 0.2) is 72.4 Å². The third-order valence-corrected chi connectivity index (χ3v) is 4.52. The van der Waals surface area contributed by atoms with Crippen LogP contribution in [0.1, 0.15) is 11.1 Å². The minimum atomic E-state index is 1.22. The van der Waals surface area contributed by atoms with E-state index in [9.17, 15) is 0 Å². The summed E-state index contributed by atoms with van der Waals surface area (Å²) in [4.78, 5) is 0. The van der Waals surface area contributed by atoms with E-state index in [2.05, 4.69) is 82.9 Å². The molecular weight excluding hydrogens is 274 g/mol. The van der Waals surface area contributed by atoms with E-state index in [1.807, 2.05) is 6.07 Å². The first-order valence-corrected chi connectivity index (χ1v) is 7.82. The second-order valence-electron chi connectivity index (χ2n) is 5.01. The van der Waals surface area contributed by atoms with Crippen molar-refractivity contribution in [2.75, 3.05) is 0 Å². The molecule has 4 aromatic rings. The minimum Gasteiger partial charge on any atom is -0.167 e. The normalized spacial score (nSPS) is 11.6. The van der Waals surface area contributed by atoms with Gasteiger partial charge in [-0.3, -0.25) is 0 Å². The molecule has 4 rings (SSSR count). The van der Waals surface area contributed by atoms with Crippen LogP contribution in [0, 0.1) is 0 Å². The molecule has 0 unspecified atom stereocenters.